The lowest BCUT2D eigenvalue weighted by atomic mass is 9.95. The van der Waals surface area contributed by atoms with Gasteiger partial charge in [0.05, 0.1) is 7.11 Å². The highest BCUT2D eigenvalue weighted by molar-refractivity contribution is 5.65. The molecule has 0 saturated carbocycles. The summed E-state index contributed by atoms with van der Waals surface area (Å²) < 4.78 is 5.54. The first-order chi connectivity index (χ1) is 9.17. The van der Waals surface area contributed by atoms with Crippen molar-refractivity contribution in [1.82, 2.24) is 9.97 Å². The van der Waals surface area contributed by atoms with E-state index in [2.05, 4.69) is 34.0 Å². The minimum Gasteiger partial charge on any atom is -0.490 e. The summed E-state index contributed by atoms with van der Waals surface area (Å²) in [6.07, 6.45) is 4.10. The zero-order valence-corrected chi connectivity index (χ0v) is 12.3. The second-order valence-corrected chi connectivity index (χ2v) is 5.29. The normalized spacial score (nSPS) is 23.3. The van der Waals surface area contributed by atoms with E-state index in [0.717, 1.165) is 30.5 Å². The van der Waals surface area contributed by atoms with Gasteiger partial charge in [-0.05, 0) is 32.6 Å². The van der Waals surface area contributed by atoms with Gasteiger partial charge in [-0.15, -0.1) is 0 Å². The molecule has 0 spiro atoms. The summed E-state index contributed by atoms with van der Waals surface area (Å²) >= 11 is 0. The molecule has 1 fully saturated rings. The van der Waals surface area contributed by atoms with E-state index in [1.807, 2.05) is 6.92 Å². The first kappa shape index (κ1) is 13.9. The van der Waals surface area contributed by atoms with Gasteiger partial charge in [-0.2, -0.15) is 0 Å². The van der Waals surface area contributed by atoms with Crippen molar-refractivity contribution in [3.63, 3.8) is 0 Å². The largest absolute Gasteiger partial charge is 0.490 e. The Labute approximate surface area is 115 Å². The molecule has 1 saturated heterocycles. The van der Waals surface area contributed by atoms with Crippen molar-refractivity contribution in [2.45, 2.75) is 39.7 Å². The van der Waals surface area contributed by atoms with Crippen LogP contribution in [0.4, 0.5) is 11.6 Å². The van der Waals surface area contributed by atoms with Gasteiger partial charge in [-0.1, -0.05) is 6.92 Å². The van der Waals surface area contributed by atoms with Crippen LogP contribution in [0.2, 0.25) is 0 Å². The predicted octanol–water partition coefficient (Wildman–Crippen LogP) is 2.54. The number of nitrogens with zero attached hydrogens (tertiary/aromatic N) is 3. The molecule has 2 unspecified atom stereocenters. The molecule has 2 atom stereocenters. The van der Waals surface area contributed by atoms with Gasteiger partial charge in [0.25, 0.3) is 0 Å². The summed E-state index contributed by atoms with van der Waals surface area (Å²) in [6.45, 7) is 8.43. The minimum absolute atomic E-state index is 0.495. The number of aromatic nitrogens is 2. The van der Waals surface area contributed by atoms with E-state index in [1.54, 1.807) is 13.4 Å². The Bertz CT molecular complexity index is 424. The van der Waals surface area contributed by atoms with Crippen molar-refractivity contribution >= 4 is 11.6 Å². The van der Waals surface area contributed by atoms with Gasteiger partial charge < -0.3 is 15.0 Å². The van der Waals surface area contributed by atoms with Crippen molar-refractivity contribution in [3.8, 4) is 5.75 Å². The van der Waals surface area contributed by atoms with E-state index in [4.69, 9.17) is 4.74 Å². The van der Waals surface area contributed by atoms with Crippen molar-refractivity contribution < 1.29 is 4.74 Å². The Balaban J connectivity index is 2.34. The van der Waals surface area contributed by atoms with Crippen LogP contribution < -0.4 is 15.0 Å². The molecule has 0 radical (unpaired) electrons. The lowest BCUT2D eigenvalue weighted by Gasteiger charge is -2.38. The third-order valence-corrected chi connectivity index (χ3v) is 3.72. The third-order valence-electron chi connectivity index (χ3n) is 3.72. The second-order valence-electron chi connectivity index (χ2n) is 5.29. The van der Waals surface area contributed by atoms with Crippen LogP contribution >= 0.6 is 0 Å². The Kier molecular flexibility index (Phi) is 4.45. The topological polar surface area (TPSA) is 50.3 Å². The molecular weight excluding hydrogens is 240 g/mol. The molecule has 1 aromatic rings. The predicted molar refractivity (Wildman–Crippen MR) is 78.0 cm³/mol. The molecule has 0 aliphatic carbocycles. The summed E-state index contributed by atoms with van der Waals surface area (Å²) in [7, 11) is 1.68. The maximum atomic E-state index is 5.54. The molecule has 1 aromatic heterocycles. The quantitative estimate of drug-likeness (QED) is 0.905. The van der Waals surface area contributed by atoms with Crippen molar-refractivity contribution in [3.05, 3.63) is 6.33 Å². The Morgan fingerprint density at radius 2 is 2.16 bits per heavy atom. The number of methoxy groups -OCH3 is 1. The first-order valence-electron chi connectivity index (χ1n) is 7.06. The number of anilines is 2. The number of piperidine rings is 1. The number of rotatable bonds is 4. The van der Waals surface area contributed by atoms with Gasteiger partial charge in [-0.3, -0.25) is 0 Å². The minimum atomic E-state index is 0.495. The van der Waals surface area contributed by atoms with E-state index in [-0.39, 0.29) is 0 Å². The van der Waals surface area contributed by atoms with Crippen LogP contribution in [0.5, 0.6) is 5.75 Å². The standard InChI is InChI=1S/C14H24N4O/c1-5-15-13-12(19-4)14(17-9-16-13)18-8-10(2)6-7-11(18)3/h9-11H,5-8H2,1-4H3,(H,15,16,17). The van der Waals surface area contributed by atoms with E-state index in [0.29, 0.717) is 12.0 Å². The molecule has 5 heteroatoms. The first-order valence-corrected chi connectivity index (χ1v) is 7.06. The van der Waals surface area contributed by atoms with Crippen LogP contribution in [0.3, 0.4) is 0 Å². The molecule has 106 valence electrons. The Hall–Kier alpha value is -1.52. The highest BCUT2D eigenvalue weighted by Crippen LogP contribution is 2.36. The van der Waals surface area contributed by atoms with E-state index in [9.17, 15) is 0 Å². The average molecular weight is 264 g/mol. The maximum Gasteiger partial charge on any atom is 0.204 e. The fourth-order valence-electron chi connectivity index (χ4n) is 2.63. The summed E-state index contributed by atoms with van der Waals surface area (Å²) in [5, 5.41) is 3.23. The summed E-state index contributed by atoms with van der Waals surface area (Å²) in [6, 6.07) is 0.495. The van der Waals surface area contributed by atoms with E-state index < -0.39 is 0 Å². The lowest BCUT2D eigenvalue weighted by molar-refractivity contribution is 0.373. The molecule has 0 bridgehead atoms. The third kappa shape index (κ3) is 2.91. The molecule has 2 heterocycles. The van der Waals surface area contributed by atoms with Gasteiger partial charge in [0.1, 0.15) is 6.33 Å². The average Bonchev–Trinajstić information content (AvgIpc) is 2.41. The molecule has 1 aliphatic heterocycles. The van der Waals surface area contributed by atoms with Crippen LogP contribution in [-0.2, 0) is 0 Å². The number of nitrogens with one attached hydrogen (secondary N) is 1. The van der Waals surface area contributed by atoms with Crippen LogP contribution in [0.25, 0.3) is 0 Å². The van der Waals surface area contributed by atoms with Crippen LogP contribution in [0.1, 0.15) is 33.6 Å². The fraction of sp³-hybridized carbons (Fsp3) is 0.714. The van der Waals surface area contributed by atoms with Gasteiger partial charge in [0.2, 0.25) is 5.75 Å². The summed E-state index contributed by atoms with van der Waals surface area (Å²) in [5.41, 5.74) is 0. The highest BCUT2D eigenvalue weighted by Gasteiger charge is 2.27. The van der Waals surface area contributed by atoms with Crippen molar-refractivity contribution in [2.24, 2.45) is 5.92 Å². The molecule has 1 N–H and O–H groups in total. The van der Waals surface area contributed by atoms with E-state index >= 15 is 0 Å². The maximum absolute atomic E-state index is 5.54. The molecule has 19 heavy (non-hydrogen) atoms. The monoisotopic (exact) mass is 264 g/mol. The Morgan fingerprint density at radius 1 is 1.37 bits per heavy atom. The summed E-state index contributed by atoms with van der Waals surface area (Å²) in [4.78, 5) is 11.1. The lowest BCUT2D eigenvalue weighted by Crippen LogP contribution is -2.41. The number of hydrogen-bond acceptors (Lipinski definition) is 5. The zero-order chi connectivity index (χ0) is 13.8. The van der Waals surface area contributed by atoms with E-state index in [1.165, 1.54) is 12.8 Å². The van der Waals surface area contributed by atoms with Crippen LogP contribution in [-0.4, -0.2) is 36.2 Å². The fourth-order valence-corrected chi connectivity index (χ4v) is 2.63. The zero-order valence-electron chi connectivity index (χ0n) is 12.3. The number of ether oxygens (including phenoxy) is 1. The van der Waals surface area contributed by atoms with Gasteiger partial charge >= 0.3 is 0 Å². The van der Waals surface area contributed by atoms with Gasteiger partial charge in [0.15, 0.2) is 11.6 Å². The molecule has 2 rings (SSSR count). The van der Waals surface area contributed by atoms with Gasteiger partial charge in [0, 0.05) is 19.1 Å². The molecule has 5 nitrogen and oxygen atoms in total. The smallest absolute Gasteiger partial charge is 0.204 e. The molecule has 0 amide bonds. The van der Waals surface area contributed by atoms with Crippen LogP contribution in [0, 0.1) is 5.92 Å². The highest BCUT2D eigenvalue weighted by atomic mass is 16.5. The molecule has 0 aromatic carbocycles. The van der Waals surface area contributed by atoms with Gasteiger partial charge in [-0.25, -0.2) is 9.97 Å². The molecular formula is C14H24N4O. The second kappa shape index (κ2) is 6.08. The SMILES string of the molecule is CCNc1ncnc(N2CC(C)CCC2C)c1OC. The van der Waals surface area contributed by atoms with Crippen molar-refractivity contribution in [2.75, 3.05) is 30.4 Å². The summed E-state index contributed by atoms with van der Waals surface area (Å²) in [5.74, 6) is 3.14. The Morgan fingerprint density at radius 3 is 2.84 bits per heavy atom. The molecule has 1 aliphatic rings. The van der Waals surface area contributed by atoms with Crippen LogP contribution in [0.15, 0.2) is 6.33 Å². The number of hydrogen-bond donors (Lipinski definition) is 1. The van der Waals surface area contributed by atoms with Crippen molar-refractivity contribution in [1.29, 1.82) is 0 Å².